The van der Waals surface area contributed by atoms with Crippen LogP contribution in [0.4, 0.5) is 0 Å². The van der Waals surface area contributed by atoms with Gasteiger partial charge in [-0.1, -0.05) is 5.16 Å². The Kier molecular flexibility index (Phi) is 3.77. The molecule has 0 bridgehead atoms. The molecule has 0 saturated heterocycles. The fourth-order valence-electron chi connectivity index (χ4n) is 2.20. The van der Waals surface area contributed by atoms with Crippen molar-refractivity contribution in [1.29, 1.82) is 0 Å². The lowest BCUT2D eigenvalue weighted by molar-refractivity contribution is 0.0274. The number of rotatable bonds is 3. The summed E-state index contributed by atoms with van der Waals surface area (Å²) in [5.74, 6) is -0.340. The van der Waals surface area contributed by atoms with Crippen LogP contribution in [-0.4, -0.2) is 21.1 Å². The molecule has 0 saturated carbocycles. The molecule has 0 aliphatic carbocycles. The van der Waals surface area contributed by atoms with Crippen LogP contribution < -0.4 is 5.56 Å². The van der Waals surface area contributed by atoms with Crippen molar-refractivity contribution in [2.45, 2.75) is 33.8 Å². The minimum Gasteiger partial charge on any atom is -0.449 e. The number of hydrogen-bond donors (Lipinski definition) is 1. The number of fused-ring (bicyclic) bond motifs is 1. The van der Waals surface area contributed by atoms with Crippen LogP contribution in [0.5, 0.6) is 0 Å². The number of ether oxygens (including phenoxy) is 1. The standard InChI is InChI=1S/C15H15N3O4S/c1-6-5-10(22-18-6)15(20)21-8(3)12-16-13(19)11-7(2)9(4)23-14(11)17-12/h5,8H,1-4H3,(H,16,17,19)/t8-/m0/s1. The van der Waals surface area contributed by atoms with Crippen molar-refractivity contribution in [3.63, 3.8) is 0 Å². The van der Waals surface area contributed by atoms with Crippen molar-refractivity contribution in [3.05, 3.63) is 44.1 Å². The number of hydrogen-bond acceptors (Lipinski definition) is 7. The van der Waals surface area contributed by atoms with Gasteiger partial charge in [0.1, 0.15) is 4.83 Å². The predicted molar refractivity (Wildman–Crippen MR) is 84.8 cm³/mol. The number of esters is 1. The zero-order valence-electron chi connectivity index (χ0n) is 13.1. The maximum absolute atomic E-state index is 12.2. The van der Waals surface area contributed by atoms with Gasteiger partial charge in [0.15, 0.2) is 11.9 Å². The second-order valence-corrected chi connectivity index (χ2v) is 6.50. The molecule has 0 fully saturated rings. The number of aryl methyl sites for hydroxylation is 3. The van der Waals surface area contributed by atoms with Crippen LogP contribution in [0.2, 0.25) is 0 Å². The molecule has 3 aromatic heterocycles. The van der Waals surface area contributed by atoms with Gasteiger partial charge in [0.05, 0.1) is 11.1 Å². The van der Waals surface area contributed by atoms with Gasteiger partial charge in [-0.15, -0.1) is 11.3 Å². The topological polar surface area (TPSA) is 98.1 Å². The molecule has 7 nitrogen and oxygen atoms in total. The van der Waals surface area contributed by atoms with Crippen LogP contribution in [0, 0.1) is 20.8 Å². The summed E-state index contributed by atoms with van der Waals surface area (Å²) in [5.41, 5.74) is 1.28. The van der Waals surface area contributed by atoms with E-state index in [2.05, 4.69) is 15.1 Å². The van der Waals surface area contributed by atoms with Gasteiger partial charge >= 0.3 is 5.97 Å². The highest BCUT2D eigenvalue weighted by Gasteiger charge is 2.21. The molecule has 3 rings (SSSR count). The monoisotopic (exact) mass is 333 g/mol. The van der Waals surface area contributed by atoms with E-state index in [0.29, 0.717) is 21.7 Å². The molecule has 3 heterocycles. The maximum atomic E-state index is 12.2. The molecular formula is C15H15N3O4S. The van der Waals surface area contributed by atoms with Crippen LogP contribution in [0.3, 0.4) is 0 Å². The maximum Gasteiger partial charge on any atom is 0.377 e. The van der Waals surface area contributed by atoms with E-state index in [4.69, 9.17) is 9.26 Å². The molecule has 0 amide bonds. The van der Waals surface area contributed by atoms with E-state index in [0.717, 1.165) is 10.4 Å². The predicted octanol–water partition coefficient (Wildman–Crippen LogP) is 2.82. The minimum atomic E-state index is -0.715. The molecule has 120 valence electrons. The third kappa shape index (κ3) is 2.77. The Labute approximate surface area is 135 Å². The van der Waals surface area contributed by atoms with Gasteiger partial charge in [-0.05, 0) is 33.3 Å². The fraction of sp³-hybridized carbons (Fsp3) is 0.333. The van der Waals surface area contributed by atoms with E-state index in [9.17, 15) is 9.59 Å². The average molecular weight is 333 g/mol. The van der Waals surface area contributed by atoms with Crippen molar-refractivity contribution in [3.8, 4) is 0 Å². The number of H-pyrrole nitrogens is 1. The first-order chi connectivity index (χ1) is 10.9. The summed E-state index contributed by atoms with van der Waals surface area (Å²) in [7, 11) is 0. The summed E-state index contributed by atoms with van der Waals surface area (Å²) in [5, 5.41) is 4.22. The van der Waals surface area contributed by atoms with Crippen molar-refractivity contribution in [2.75, 3.05) is 0 Å². The number of aromatic nitrogens is 3. The Morgan fingerprint density at radius 3 is 2.78 bits per heavy atom. The van der Waals surface area contributed by atoms with E-state index in [1.807, 2.05) is 13.8 Å². The largest absolute Gasteiger partial charge is 0.449 e. The van der Waals surface area contributed by atoms with Gasteiger partial charge in [0, 0.05) is 10.9 Å². The van der Waals surface area contributed by atoms with Gasteiger partial charge < -0.3 is 14.2 Å². The van der Waals surface area contributed by atoms with Crippen molar-refractivity contribution < 1.29 is 14.1 Å². The molecule has 3 aromatic rings. The highest BCUT2D eigenvalue weighted by Crippen LogP contribution is 2.27. The smallest absolute Gasteiger partial charge is 0.377 e. The summed E-state index contributed by atoms with van der Waals surface area (Å²) < 4.78 is 10.1. The number of carbonyl (C=O) groups excluding carboxylic acids is 1. The third-order valence-corrected chi connectivity index (χ3v) is 4.66. The Morgan fingerprint density at radius 1 is 1.39 bits per heavy atom. The summed E-state index contributed by atoms with van der Waals surface area (Å²) >= 11 is 1.44. The van der Waals surface area contributed by atoms with E-state index in [1.54, 1.807) is 13.8 Å². The van der Waals surface area contributed by atoms with Gasteiger partial charge in [-0.2, -0.15) is 0 Å². The quantitative estimate of drug-likeness (QED) is 0.740. The summed E-state index contributed by atoms with van der Waals surface area (Å²) in [4.78, 5) is 33.0. The van der Waals surface area contributed by atoms with Crippen LogP contribution in [0.25, 0.3) is 10.2 Å². The molecule has 0 aliphatic rings. The summed E-state index contributed by atoms with van der Waals surface area (Å²) in [6, 6.07) is 1.49. The lowest BCUT2D eigenvalue weighted by Gasteiger charge is -2.11. The number of carbonyl (C=O) groups is 1. The number of thiophene rings is 1. The van der Waals surface area contributed by atoms with E-state index < -0.39 is 12.1 Å². The molecule has 0 aromatic carbocycles. The number of nitrogens with one attached hydrogen (secondary N) is 1. The molecule has 0 aliphatic heterocycles. The molecule has 8 heteroatoms. The molecule has 23 heavy (non-hydrogen) atoms. The average Bonchev–Trinajstić information content (AvgIpc) is 3.03. The Hall–Kier alpha value is -2.48. The second kappa shape index (κ2) is 5.62. The van der Waals surface area contributed by atoms with E-state index >= 15 is 0 Å². The van der Waals surface area contributed by atoms with Crippen molar-refractivity contribution in [1.82, 2.24) is 15.1 Å². The SMILES string of the molecule is Cc1cc(C(=O)O[C@@H](C)c2nc3sc(C)c(C)c3c(=O)[nH]2)on1. The lowest BCUT2D eigenvalue weighted by Crippen LogP contribution is -2.17. The zero-order chi connectivity index (χ0) is 16.7. The minimum absolute atomic E-state index is 0.0144. The summed E-state index contributed by atoms with van der Waals surface area (Å²) in [6.07, 6.45) is -0.715. The molecule has 0 radical (unpaired) electrons. The van der Waals surface area contributed by atoms with Gasteiger partial charge in [-0.25, -0.2) is 9.78 Å². The first-order valence-corrected chi connectivity index (χ1v) is 7.82. The molecule has 1 atom stereocenters. The van der Waals surface area contributed by atoms with Crippen LogP contribution in [-0.2, 0) is 4.74 Å². The molecular weight excluding hydrogens is 318 g/mol. The summed E-state index contributed by atoms with van der Waals surface area (Å²) in [6.45, 7) is 7.17. The third-order valence-electron chi connectivity index (χ3n) is 3.56. The molecule has 0 unspecified atom stereocenters. The van der Waals surface area contributed by atoms with Gasteiger partial charge in [-0.3, -0.25) is 4.79 Å². The van der Waals surface area contributed by atoms with E-state index in [1.165, 1.54) is 17.4 Å². The first kappa shape index (κ1) is 15.4. The van der Waals surface area contributed by atoms with Crippen LogP contribution in [0.1, 0.15) is 45.5 Å². The Bertz CT molecular complexity index is 953. The van der Waals surface area contributed by atoms with Gasteiger partial charge in [0.2, 0.25) is 5.76 Å². The number of nitrogens with zero attached hydrogens (tertiary/aromatic N) is 2. The second-order valence-electron chi connectivity index (χ2n) is 5.29. The van der Waals surface area contributed by atoms with Crippen LogP contribution >= 0.6 is 11.3 Å². The zero-order valence-corrected chi connectivity index (χ0v) is 13.9. The van der Waals surface area contributed by atoms with E-state index in [-0.39, 0.29) is 11.3 Å². The van der Waals surface area contributed by atoms with Crippen molar-refractivity contribution >= 4 is 27.5 Å². The Morgan fingerprint density at radius 2 is 2.13 bits per heavy atom. The molecule has 0 spiro atoms. The van der Waals surface area contributed by atoms with Crippen LogP contribution in [0.15, 0.2) is 15.4 Å². The Balaban J connectivity index is 1.90. The van der Waals surface area contributed by atoms with Gasteiger partial charge in [0.25, 0.3) is 5.56 Å². The number of aromatic amines is 1. The van der Waals surface area contributed by atoms with Crippen molar-refractivity contribution in [2.24, 2.45) is 0 Å². The fourth-order valence-corrected chi connectivity index (χ4v) is 3.24. The lowest BCUT2D eigenvalue weighted by atomic mass is 10.2. The molecule has 1 N–H and O–H groups in total. The highest BCUT2D eigenvalue weighted by atomic mass is 32.1. The normalized spacial score (nSPS) is 12.5. The highest BCUT2D eigenvalue weighted by molar-refractivity contribution is 7.18. The first-order valence-electron chi connectivity index (χ1n) is 7.01.